The number of nitrogens with one attached hydrogen (secondary N) is 1. The van der Waals surface area contributed by atoms with E-state index in [0.29, 0.717) is 25.1 Å². The summed E-state index contributed by atoms with van der Waals surface area (Å²) in [4.78, 5) is 13.5. The minimum atomic E-state index is -1.00. The molecule has 8 heteroatoms. The number of aromatic nitrogens is 2. The van der Waals surface area contributed by atoms with Gasteiger partial charge in [0.1, 0.15) is 0 Å². The number of benzene rings is 1. The Morgan fingerprint density at radius 1 is 1.25 bits per heavy atom. The average molecular weight is 461 g/mol. The second-order valence-corrected chi connectivity index (χ2v) is 9.60. The number of aryl methyl sites for hydroxylation is 2. The van der Waals surface area contributed by atoms with Crippen molar-refractivity contribution >= 4 is 17.7 Å². The van der Waals surface area contributed by atoms with Crippen molar-refractivity contribution in [3.05, 3.63) is 52.3 Å². The molecule has 1 aromatic heterocycles. The minimum Gasteiger partial charge on any atom is -0.465 e. The molecule has 174 valence electrons. The number of halogens is 1. The first-order chi connectivity index (χ1) is 15.4. The van der Waals surface area contributed by atoms with Crippen LogP contribution in [0.2, 0.25) is 5.02 Å². The number of nitrogens with zero attached hydrogens (tertiary/aromatic N) is 3. The Morgan fingerprint density at radius 2 is 1.97 bits per heavy atom. The molecule has 2 fully saturated rings. The summed E-state index contributed by atoms with van der Waals surface area (Å²) in [6.07, 6.45) is 4.27. The molecule has 1 aliphatic heterocycles. The van der Waals surface area contributed by atoms with Crippen molar-refractivity contribution in [2.24, 2.45) is 7.05 Å². The number of ether oxygens (including phenoxy) is 1. The van der Waals surface area contributed by atoms with Crippen molar-refractivity contribution in [2.75, 3.05) is 19.7 Å². The van der Waals surface area contributed by atoms with Crippen molar-refractivity contribution in [3.8, 4) is 0 Å². The molecule has 2 N–H and O–H groups in total. The number of amides is 1. The summed E-state index contributed by atoms with van der Waals surface area (Å²) >= 11 is 6.06. The third-order valence-corrected chi connectivity index (χ3v) is 7.24. The van der Waals surface area contributed by atoms with E-state index in [4.69, 9.17) is 26.5 Å². The van der Waals surface area contributed by atoms with E-state index in [9.17, 15) is 4.79 Å². The second-order valence-electron chi connectivity index (χ2n) is 9.16. The quantitative estimate of drug-likeness (QED) is 0.681. The van der Waals surface area contributed by atoms with Gasteiger partial charge in [0.2, 0.25) is 0 Å². The summed E-state index contributed by atoms with van der Waals surface area (Å²) in [6.45, 7) is 3.77. The Hall–Kier alpha value is -2.09. The Bertz CT molecular complexity index is 889. The van der Waals surface area contributed by atoms with Crippen LogP contribution < -0.4 is 5.32 Å². The van der Waals surface area contributed by atoms with Gasteiger partial charge in [0.25, 0.3) is 0 Å². The van der Waals surface area contributed by atoms with E-state index >= 15 is 0 Å². The van der Waals surface area contributed by atoms with Gasteiger partial charge in [-0.05, 0) is 62.8 Å². The van der Waals surface area contributed by atoms with Crippen molar-refractivity contribution in [2.45, 2.75) is 63.1 Å². The van der Waals surface area contributed by atoms with Crippen LogP contribution in [0.1, 0.15) is 48.6 Å². The smallest absolute Gasteiger partial charge is 0.404 e. The zero-order valence-electron chi connectivity index (χ0n) is 18.8. The standard InChI is InChI=1S/C24H33ClN4O3/c1-16-11-23(27-28(16)2)18-5-9-20(10-6-18)29-14-22(13-26-24(30)31)32-15-21(29)12-17-3-7-19(25)8-4-17/h3-4,7-8,11,18,20-22,26H,5-6,9-10,12-15H2,1-2H3,(H,30,31)/t18?,20?,21-,22-/m0/s1. The monoisotopic (exact) mass is 460 g/mol. The summed E-state index contributed by atoms with van der Waals surface area (Å²) in [5.41, 5.74) is 3.66. The Labute approximate surface area is 194 Å². The molecule has 0 spiro atoms. The summed E-state index contributed by atoms with van der Waals surface area (Å²) in [7, 11) is 2.00. The van der Waals surface area contributed by atoms with Crippen molar-refractivity contribution in [1.29, 1.82) is 0 Å². The van der Waals surface area contributed by atoms with Crippen molar-refractivity contribution < 1.29 is 14.6 Å². The van der Waals surface area contributed by atoms with Gasteiger partial charge in [0.15, 0.2) is 0 Å². The van der Waals surface area contributed by atoms with E-state index in [1.807, 2.05) is 23.9 Å². The third-order valence-electron chi connectivity index (χ3n) is 6.99. The highest BCUT2D eigenvalue weighted by atomic mass is 35.5. The van der Waals surface area contributed by atoms with Gasteiger partial charge in [0.05, 0.1) is 18.4 Å². The topological polar surface area (TPSA) is 79.6 Å². The average Bonchev–Trinajstić information content (AvgIpc) is 3.13. The van der Waals surface area contributed by atoms with Crippen LogP contribution in [0.15, 0.2) is 30.3 Å². The van der Waals surface area contributed by atoms with E-state index in [1.54, 1.807) is 0 Å². The molecule has 7 nitrogen and oxygen atoms in total. The maximum absolute atomic E-state index is 11.0. The fourth-order valence-electron chi connectivity index (χ4n) is 5.11. The van der Waals surface area contributed by atoms with E-state index in [2.05, 4.69) is 35.3 Å². The molecule has 0 unspecified atom stereocenters. The SMILES string of the molecule is Cc1cc(C2CCC(N3C[C@H](CNC(=O)O)OC[C@@H]3Cc3ccc(Cl)cc3)CC2)nn1C. The lowest BCUT2D eigenvalue weighted by Crippen LogP contribution is -2.57. The van der Waals surface area contributed by atoms with Crippen LogP contribution in [0.25, 0.3) is 0 Å². The molecule has 1 amide bonds. The van der Waals surface area contributed by atoms with Crippen LogP contribution in [0.5, 0.6) is 0 Å². The number of morpholine rings is 1. The summed E-state index contributed by atoms with van der Waals surface area (Å²) in [6, 6.07) is 11.0. The molecule has 0 bridgehead atoms. The first-order valence-corrected chi connectivity index (χ1v) is 11.9. The highest BCUT2D eigenvalue weighted by molar-refractivity contribution is 6.30. The lowest BCUT2D eigenvalue weighted by molar-refractivity contribution is -0.0823. The molecule has 1 aromatic carbocycles. The summed E-state index contributed by atoms with van der Waals surface area (Å²) < 4.78 is 8.02. The van der Waals surface area contributed by atoms with Crippen LogP contribution in [0.3, 0.4) is 0 Å². The lowest BCUT2D eigenvalue weighted by Gasteiger charge is -2.46. The van der Waals surface area contributed by atoms with Crippen molar-refractivity contribution in [3.63, 3.8) is 0 Å². The molecule has 0 radical (unpaired) electrons. The van der Waals surface area contributed by atoms with Crippen LogP contribution in [-0.4, -0.2) is 63.8 Å². The molecule has 2 aliphatic rings. The van der Waals surface area contributed by atoms with Crippen LogP contribution in [0.4, 0.5) is 4.79 Å². The van der Waals surface area contributed by atoms with Gasteiger partial charge in [0, 0.05) is 48.9 Å². The first-order valence-electron chi connectivity index (χ1n) is 11.5. The predicted octanol–water partition coefficient (Wildman–Crippen LogP) is 3.99. The molecule has 4 rings (SSSR count). The Balaban J connectivity index is 1.43. The largest absolute Gasteiger partial charge is 0.465 e. The Kier molecular flexibility index (Phi) is 7.38. The van der Waals surface area contributed by atoms with E-state index in [0.717, 1.165) is 43.7 Å². The highest BCUT2D eigenvalue weighted by Gasteiger charge is 2.36. The third kappa shape index (κ3) is 5.63. The van der Waals surface area contributed by atoms with Gasteiger partial charge in [-0.3, -0.25) is 9.58 Å². The maximum atomic E-state index is 11.0. The van der Waals surface area contributed by atoms with Gasteiger partial charge in [-0.15, -0.1) is 0 Å². The van der Waals surface area contributed by atoms with E-state index in [1.165, 1.54) is 17.0 Å². The molecule has 1 saturated carbocycles. The molecule has 1 saturated heterocycles. The molecule has 1 aliphatic carbocycles. The predicted molar refractivity (Wildman–Crippen MR) is 124 cm³/mol. The minimum absolute atomic E-state index is 0.122. The first kappa shape index (κ1) is 23.1. The molecular formula is C24H33ClN4O3. The van der Waals surface area contributed by atoms with Gasteiger partial charge in [-0.2, -0.15) is 5.10 Å². The van der Waals surface area contributed by atoms with Gasteiger partial charge < -0.3 is 15.2 Å². The van der Waals surface area contributed by atoms with Gasteiger partial charge >= 0.3 is 6.09 Å². The number of carboxylic acid groups (broad SMARTS) is 1. The van der Waals surface area contributed by atoms with E-state index < -0.39 is 6.09 Å². The molecule has 32 heavy (non-hydrogen) atoms. The zero-order chi connectivity index (χ0) is 22.7. The maximum Gasteiger partial charge on any atom is 0.404 e. The fourth-order valence-corrected chi connectivity index (χ4v) is 5.24. The number of hydrogen-bond acceptors (Lipinski definition) is 4. The summed E-state index contributed by atoms with van der Waals surface area (Å²) in [5, 5.41) is 16.9. The number of hydrogen-bond donors (Lipinski definition) is 2. The second kappa shape index (κ2) is 10.2. The molecule has 2 heterocycles. The highest BCUT2D eigenvalue weighted by Crippen LogP contribution is 2.36. The van der Waals surface area contributed by atoms with Crippen LogP contribution >= 0.6 is 11.6 Å². The van der Waals surface area contributed by atoms with Crippen molar-refractivity contribution in [1.82, 2.24) is 20.0 Å². The molecular weight excluding hydrogens is 428 g/mol. The number of carbonyl (C=O) groups is 1. The van der Waals surface area contributed by atoms with E-state index in [-0.39, 0.29) is 12.1 Å². The van der Waals surface area contributed by atoms with Crippen LogP contribution in [0, 0.1) is 6.92 Å². The zero-order valence-corrected chi connectivity index (χ0v) is 19.6. The normalized spacial score (nSPS) is 26.7. The molecule has 2 aromatic rings. The Morgan fingerprint density at radius 3 is 2.59 bits per heavy atom. The van der Waals surface area contributed by atoms with Crippen LogP contribution in [-0.2, 0) is 18.2 Å². The number of rotatable bonds is 6. The van der Waals surface area contributed by atoms with Gasteiger partial charge in [-0.25, -0.2) is 4.79 Å². The lowest BCUT2D eigenvalue weighted by atomic mass is 9.82. The summed E-state index contributed by atoms with van der Waals surface area (Å²) in [5.74, 6) is 0.520. The fraction of sp³-hybridized carbons (Fsp3) is 0.583. The molecule has 2 atom stereocenters. The van der Waals surface area contributed by atoms with Gasteiger partial charge in [-0.1, -0.05) is 23.7 Å².